The van der Waals surface area contributed by atoms with E-state index >= 15 is 0 Å². The number of benzene rings is 1. The van der Waals surface area contributed by atoms with Crippen molar-refractivity contribution in [2.24, 2.45) is 5.92 Å². The molecule has 0 bridgehead atoms. The maximum absolute atomic E-state index is 13.0. The summed E-state index contributed by atoms with van der Waals surface area (Å²) in [6.45, 7) is 3.96. The first-order valence-electron chi connectivity index (χ1n) is 9.66. The molecule has 0 spiro atoms. The molecule has 1 aromatic carbocycles. The Morgan fingerprint density at radius 2 is 2.12 bits per heavy atom. The minimum atomic E-state index is -0.201. The number of H-pyrrole nitrogens is 1. The van der Waals surface area contributed by atoms with Crippen LogP contribution in [0.25, 0.3) is 10.9 Å². The summed E-state index contributed by atoms with van der Waals surface area (Å²) in [5.41, 5.74) is 1.17. The van der Waals surface area contributed by atoms with Gasteiger partial charge in [-0.15, -0.1) is 0 Å². The standard InChI is InChI=1S/C20H28N4O2/c1-26-13-10-20(8-11-24(12-9-20)14-15-6-7-15)21-19(25)18-16-4-2-3-5-17(16)22-23-18/h2-5,15H,6-14H2,1H3,(H,21,25)(H,22,23). The van der Waals surface area contributed by atoms with Crippen LogP contribution >= 0.6 is 0 Å². The lowest BCUT2D eigenvalue weighted by Gasteiger charge is -2.42. The zero-order valence-corrected chi connectivity index (χ0v) is 15.5. The molecule has 140 valence electrons. The summed E-state index contributed by atoms with van der Waals surface area (Å²) in [6, 6.07) is 7.76. The molecule has 2 heterocycles. The van der Waals surface area contributed by atoms with Gasteiger partial charge in [-0.3, -0.25) is 9.89 Å². The molecule has 6 nitrogen and oxygen atoms in total. The summed E-state index contributed by atoms with van der Waals surface area (Å²) >= 11 is 0. The number of nitrogens with zero attached hydrogens (tertiary/aromatic N) is 2. The molecule has 2 aliphatic rings. The van der Waals surface area contributed by atoms with E-state index in [-0.39, 0.29) is 11.4 Å². The zero-order chi connectivity index (χ0) is 18.0. The van der Waals surface area contributed by atoms with E-state index in [9.17, 15) is 4.79 Å². The van der Waals surface area contributed by atoms with Crippen molar-refractivity contribution in [2.75, 3.05) is 33.4 Å². The number of aromatic nitrogens is 2. The minimum absolute atomic E-state index is 0.0887. The van der Waals surface area contributed by atoms with E-state index in [0.29, 0.717) is 12.3 Å². The number of nitrogens with one attached hydrogen (secondary N) is 2. The highest BCUT2D eigenvalue weighted by atomic mass is 16.5. The fraction of sp³-hybridized carbons (Fsp3) is 0.600. The van der Waals surface area contributed by atoms with Gasteiger partial charge in [0.15, 0.2) is 5.69 Å². The molecule has 6 heteroatoms. The summed E-state index contributed by atoms with van der Waals surface area (Å²) in [6.07, 6.45) is 5.55. The van der Waals surface area contributed by atoms with Gasteiger partial charge in [-0.25, -0.2) is 0 Å². The van der Waals surface area contributed by atoms with Crippen molar-refractivity contribution in [1.29, 1.82) is 0 Å². The number of rotatable bonds is 7. The normalized spacial score (nSPS) is 20.3. The predicted octanol–water partition coefficient (Wildman–Crippen LogP) is 2.57. The number of amides is 1. The first-order chi connectivity index (χ1) is 12.7. The fourth-order valence-corrected chi connectivity index (χ4v) is 4.00. The van der Waals surface area contributed by atoms with Gasteiger partial charge in [-0.1, -0.05) is 18.2 Å². The molecule has 26 heavy (non-hydrogen) atoms. The van der Waals surface area contributed by atoms with Gasteiger partial charge in [0.1, 0.15) is 0 Å². The second-order valence-electron chi connectivity index (χ2n) is 7.84. The third-order valence-corrected chi connectivity index (χ3v) is 5.88. The SMILES string of the molecule is COCCC1(NC(=O)c2n[nH]c3ccccc23)CCN(CC2CC2)CC1. The van der Waals surface area contributed by atoms with Crippen LogP contribution in [0.15, 0.2) is 24.3 Å². The van der Waals surface area contributed by atoms with Crippen molar-refractivity contribution >= 4 is 16.8 Å². The number of likely N-dealkylation sites (tertiary alicyclic amines) is 1. The summed E-state index contributed by atoms with van der Waals surface area (Å²) in [5, 5.41) is 11.4. The molecule has 1 aliphatic heterocycles. The molecule has 1 aromatic heterocycles. The number of piperidine rings is 1. The molecule has 0 unspecified atom stereocenters. The van der Waals surface area contributed by atoms with Crippen molar-refractivity contribution in [3.05, 3.63) is 30.0 Å². The average molecular weight is 356 g/mol. The Balaban J connectivity index is 1.47. The number of fused-ring (bicyclic) bond motifs is 1. The number of carbonyl (C=O) groups is 1. The Bertz CT molecular complexity index is 760. The Morgan fingerprint density at radius 1 is 1.35 bits per heavy atom. The molecular formula is C20H28N4O2. The molecule has 0 radical (unpaired) electrons. The number of aromatic amines is 1. The highest BCUT2D eigenvalue weighted by Crippen LogP contribution is 2.33. The molecule has 1 amide bonds. The quantitative estimate of drug-likeness (QED) is 0.800. The number of ether oxygens (including phenoxy) is 1. The van der Waals surface area contributed by atoms with Gasteiger partial charge in [0.2, 0.25) is 0 Å². The first-order valence-corrected chi connectivity index (χ1v) is 9.66. The Hall–Kier alpha value is -1.92. The Kier molecular flexibility index (Phi) is 4.96. The third kappa shape index (κ3) is 3.76. The monoisotopic (exact) mass is 356 g/mol. The number of carbonyl (C=O) groups excluding carboxylic acids is 1. The molecule has 1 saturated heterocycles. The van der Waals surface area contributed by atoms with Gasteiger partial charge in [-0.2, -0.15) is 5.10 Å². The van der Waals surface area contributed by atoms with E-state index in [2.05, 4.69) is 20.4 Å². The summed E-state index contributed by atoms with van der Waals surface area (Å²) < 4.78 is 5.33. The lowest BCUT2D eigenvalue weighted by molar-refractivity contribution is 0.0693. The van der Waals surface area contributed by atoms with Crippen LogP contribution in [-0.2, 0) is 4.74 Å². The van der Waals surface area contributed by atoms with E-state index in [1.807, 2.05) is 24.3 Å². The van der Waals surface area contributed by atoms with Crippen molar-refractivity contribution < 1.29 is 9.53 Å². The smallest absolute Gasteiger partial charge is 0.272 e. The third-order valence-electron chi connectivity index (χ3n) is 5.88. The lowest BCUT2D eigenvalue weighted by Crippen LogP contribution is -2.56. The van der Waals surface area contributed by atoms with E-state index in [4.69, 9.17) is 4.74 Å². The maximum atomic E-state index is 13.0. The number of hydrogen-bond donors (Lipinski definition) is 2. The second kappa shape index (κ2) is 7.37. The van der Waals surface area contributed by atoms with Gasteiger partial charge in [0.05, 0.1) is 5.52 Å². The summed E-state index contributed by atoms with van der Waals surface area (Å²) in [5.74, 6) is 0.820. The van der Waals surface area contributed by atoms with Gasteiger partial charge in [0, 0.05) is 44.3 Å². The molecule has 4 rings (SSSR count). The molecule has 1 aliphatic carbocycles. The van der Waals surface area contributed by atoms with E-state index in [1.165, 1.54) is 19.4 Å². The highest BCUT2D eigenvalue weighted by molar-refractivity contribution is 6.04. The van der Waals surface area contributed by atoms with Crippen molar-refractivity contribution in [1.82, 2.24) is 20.4 Å². The topological polar surface area (TPSA) is 70.2 Å². The van der Waals surface area contributed by atoms with Crippen LogP contribution in [0.2, 0.25) is 0 Å². The molecule has 0 atom stereocenters. The van der Waals surface area contributed by atoms with Crippen LogP contribution in [0.3, 0.4) is 0 Å². The van der Waals surface area contributed by atoms with Crippen molar-refractivity contribution in [3.8, 4) is 0 Å². The van der Waals surface area contributed by atoms with Crippen LogP contribution in [-0.4, -0.2) is 59.9 Å². The summed E-state index contributed by atoms with van der Waals surface area (Å²) in [4.78, 5) is 15.5. The van der Waals surface area contributed by atoms with Gasteiger partial charge in [-0.05, 0) is 44.1 Å². The Morgan fingerprint density at radius 3 is 2.85 bits per heavy atom. The number of para-hydroxylation sites is 1. The molecule has 1 saturated carbocycles. The van der Waals surface area contributed by atoms with Crippen molar-refractivity contribution in [3.63, 3.8) is 0 Å². The average Bonchev–Trinajstić information content (AvgIpc) is 3.37. The van der Waals surface area contributed by atoms with Gasteiger partial charge in [0.25, 0.3) is 5.91 Å². The fourth-order valence-electron chi connectivity index (χ4n) is 4.00. The minimum Gasteiger partial charge on any atom is -0.385 e. The molecule has 2 N–H and O–H groups in total. The van der Waals surface area contributed by atoms with Crippen molar-refractivity contribution in [2.45, 2.75) is 37.6 Å². The Labute approximate surface area is 154 Å². The zero-order valence-electron chi connectivity index (χ0n) is 15.5. The van der Waals surface area contributed by atoms with Crippen LogP contribution in [0.4, 0.5) is 0 Å². The van der Waals surface area contributed by atoms with Crippen LogP contribution < -0.4 is 5.32 Å². The van der Waals surface area contributed by atoms with E-state index < -0.39 is 0 Å². The van der Waals surface area contributed by atoms with Gasteiger partial charge >= 0.3 is 0 Å². The first kappa shape index (κ1) is 17.5. The predicted molar refractivity (Wildman–Crippen MR) is 101 cm³/mol. The van der Waals surface area contributed by atoms with Gasteiger partial charge < -0.3 is 15.0 Å². The maximum Gasteiger partial charge on any atom is 0.272 e. The van der Waals surface area contributed by atoms with Crippen LogP contribution in [0.1, 0.15) is 42.6 Å². The summed E-state index contributed by atoms with van der Waals surface area (Å²) in [7, 11) is 1.72. The largest absolute Gasteiger partial charge is 0.385 e. The highest BCUT2D eigenvalue weighted by Gasteiger charge is 2.37. The van der Waals surface area contributed by atoms with Crippen LogP contribution in [0, 0.1) is 5.92 Å². The second-order valence-corrected chi connectivity index (χ2v) is 7.84. The number of hydrogen-bond acceptors (Lipinski definition) is 4. The molecular weight excluding hydrogens is 328 g/mol. The lowest BCUT2D eigenvalue weighted by atomic mass is 9.84. The molecule has 2 aromatic rings. The van der Waals surface area contributed by atoms with Crippen LogP contribution in [0.5, 0.6) is 0 Å². The number of methoxy groups -OCH3 is 1. The molecule has 2 fully saturated rings. The van der Waals surface area contributed by atoms with E-state index in [0.717, 1.165) is 49.2 Å². The van der Waals surface area contributed by atoms with E-state index in [1.54, 1.807) is 7.11 Å².